The van der Waals surface area contributed by atoms with E-state index < -0.39 is 0 Å². The number of thioether (sulfide) groups is 1. The van der Waals surface area contributed by atoms with Crippen molar-refractivity contribution in [2.24, 2.45) is 7.05 Å². The van der Waals surface area contributed by atoms with E-state index in [1.165, 1.54) is 17.3 Å². The normalized spacial score (nSPS) is 12.8. The molecule has 0 spiro atoms. The van der Waals surface area contributed by atoms with Gasteiger partial charge < -0.3 is 19.5 Å². The van der Waals surface area contributed by atoms with Gasteiger partial charge in [-0.15, -0.1) is 10.2 Å². The maximum Gasteiger partial charge on any atom is 0.251 e. The predicted molar refractivity (Wildman–Crippen MR) is 128 cm³/mol. The number of carbonyl (C=O) groups excluding carboxylic acids is 2. The van der Waals surface area contributed by atoms with Crippen LogP contribution >= 0.6 is 11.8 Å². The minimum atomic E-state index is -0.151. The fourth-order valence-corrected chi connectivity index (χ4v) is 4.62. The van der Waals surface area contributed by atoms with Gasteiger partial charge in [-0.2, -0.15) is 0 Å². The summed E-state index contributed by atoms with van der Waals surface area (Å²) in [6.07, 6.45) is 2.53. The molecule has 9 heteroatoms. The van der Waals surface area contributed by atoms with Crippen LogP contribution in [0.5, 0.6) is 5.75 Å². The number of hydrogen-bond acceptors (Lipinski definition) is 6. The van der Waals surface area contributed by atoms with Crippen molar-refractivity contribution in [2.75, 3.05) is 30.9 Å². The second kappa shape index (κ2) is 10.5. The highest BCUT2D eigenvalue weighted by Crippen LogP contribution is 2.28. The van der Waals surface area contributed by atoms with Crippen LogP contribution in [0.25, 0.3) is 0 Å². The monoisotopic (exact) mass is 465 g/mol. The van der Waals surface area contributed by atoms with Crippen LogP contribution in [0, 0.1) is 0 Å². The summed E-state index contributed by atoms with van der Waals surface area (Å²) >= 11 is 1.38. The fraction of sp³-hybridized carbons (Fsp3) is 0.333. The molecule has 0 radical (unpaired) electrons. The Labute approximate surface area is 197 Å². The number of aryl methyl sites for hydroxylation is 1. The van der Waals surface area contributed by atoms with Gasteiger partial charge in [-0.25, -0.2) is 0 Å². The Balaban J connectivity index is 1.28. The number of anilines is 1. The number of carbonyl (C=O) groups is 2. The number of aromatic nitrogens is 3. The van der Waals surface area contributed by atoms with E-state index in [1.54, 1.807) is 31.4 Å². The Morgan fingerprint density at radius 3 is 2.70 bits per heavy atom. The van der Waals surface area contributed by atoms with Gasteiger partial charge in [0.2, 0.25) is 5.91 Å². The summed E-state index contributed by atoms with van der Waals surface area (Å²) in [7, 11) is 3.47. The molecule has 0 fully saturated rings. The van der Waals surface area contributed by atoms with E-state index in [9.17, 15) is 9.59 Å². The van der Waals surface area contributed by atoms with Crippen LogP contribution in [0.15, 0.2) is 53.7 Å². The second-order valence-corrected chi connectivity index (χ2v) is 8.70. The molecule has 1 N–H and O–H groups in total. The summed E-state index contributed by atoms with van der Waals surface area (Å²) in [4.78, 5) is 27.0. The molecule has 0 bridgehead atoms. The number of nitrogens with zero attached hydrogens (tertiary/aromatic N) is 4. The highest BCUT2D eigenvalue weighted by molar-refractivity contribution is 7.99. The minimum Gasteiger partial charge on any atom is -0.497 e. The van der Waals surface area contributed by atoms with Crippen molar-refractivity contribution in [3.05, 3.63) is 65.5 Å². The molecule has 4 rings (SSSR count). The Morgan fingerprint density at radius 2 is 1.91 bits per heavy atom. The maximum atomic E-state index is 12.9. The topological polar surface area (TPSA) is 89.3 Å². The van der Waals surface area contributed by atoms with Crippen molar-refractivity contribution >= 4 is 29.3 Å². The lowest BCUT2D eigenvalue weighted by Gasteiger charge is -2.29. The van der Waals surface area contributed by atoms with Gasteiger partial charge in [-0.05, 0) is 48.7 Å². The third kappa shape index (κ3) is 5.36. The van der Waals surface area contributed by atoms with E-state index in [2.05, 4.69) is 21.6 Å². The van der Waals surface area contributed by atoms with E-state index in [0.717, 1.165) is 30.9 Å². The lowest BCUT2D eigenvalue weighted by molar-refractivity contribution is -0.116. The summed E-state index contributed by atoms with van der Waals surface area (Å²) in [6, 6.07) is 15.0. The number of amides is 2. The van der Waals surface area contributed by atoms with Crippen LogP contribution < -0.4 is 15.0 Å². The quantitative estimate of drug-likeness (QED) is 0.515. The summed E-state index contributed by atoms with van der Waals surface area (Å²) in [5.74, 6) is 1.68. The molecule has 0 saturated carbocycles. The Hall–Kier alpha value is -3.33. The number of ether oxygens (including phenoxy) is 1. The van der Waals surface area contributed by atoms with Gasteiger partial charge in [0.1, 0.15) is 11.6 Å². The van der Waals surface area contributed by atoms with E-state index in [-0.39, 0.29) is 11.8 Å². The number of fused-ring (bicyclic) bond motifs is 1. The highest BCUT2D eigenvalue weighted by atomic mass is 32.2. The Bertz CT molecular complexity index is 1130. The van der Waals surface area contributed by atoms with Crippen molar-refractivity contribution in [1.29, 1.82) is 0 Å². The van der Waals surface area contributed by atoms with E-state index in [4.69, 9.17) is 4.74 Å². The van der Waals surface area contributed by atoms with Crippen LogP contribution in [-0.4, -0.2) is 52.5 Å². The standard InChI is InChI=1S/C24H27N5O3S/c1-28-21(13-14-25-23(31)18-9-11-19(32-2)12-10-18)26-27-24(28)33-16-22(30)29-15-5-7-17-6-3-4-8-20(17)29/h3-4,6,8-12H,5,7,13-16H2,1-2H3,(H,25,31). The SMILES string of the molecule is COc1ccc(C(=O)NCCc2nnc(SCC(=O)N3CCCc4ccccc43)n2C)cc1. The summed E-state index contributed by atoms with van der Waals surface area (Å²) < 4.78 is 6.99. The molecule has 0 atom stereocenters. The number of rotatable bonds is 8. The first-order valence-electron chi connectivity index (χ1n) is 10.9. The molecule has 1 aliphatic rings. The third-order valence-corrected chi connectivity index (χ3v) is 6.65. The second-order valence-electron chi connectivity index (χ2n) is 7.76. The van der Waals surface area contributed by atoms with Crippen LogP contribution in [0.4, 0.5) is 5.69 Å². The van der Waals surface area contributed by atoms with Crippen LogP contribution in [0.2, 0.25) is 0 Å². The van der Waals surface area contributed by atoms with Crippen LogP contribution in [-0.2, 0) is 24.7 Å². The number of methoxy groups -OCH3 is 1. The molecular formula is C24H27N5O3S. The summed E-state index contributed by atoms with van der Waals surface area (Å²) in [5.41, 5.74) is 2.81. The first kappa shape index (κ1) is 22.8. The van der Waals surface area contributed by atoms with Crippen molar-refractivity contribution < 1.29 is 14.3 Å². The molecule has 3 aromatic rings. The predicted octanol–water partition coefficient (Wildman–Crippen LogP) is 2.87. The third-order valence-electron chi connectivity index (χ3n) is 5.65. The van der Waals surface area contributed by atoms with E-state index >= 15 is 0 Å². The minimum absolute atomic E-state index is 0.0726. The number of nitrogens with one attached hydrogen (secondary N) is 1. The van der Waals surface area contributed by atoms with Gasteiger partial charge in [0, 0.05) is 37.8 Å². The zero-order chi connectivity index (χ0) is 23.2. The van der Waals surface area contributed by atoms with Crippen molar-refractivity contribution in [1.82, 2.24) is 20.1 Å². The largest absolute Gasteiger partial charge is 0.497 e. The highest BCUT2D eigenvalue weighted by Gasteiger charge is 2.23. The molecule has 0 unspecified atom stereocenters. The van der Waals surface area contributed by atoms with E-state index in [1.807, 2.05) is 34.7 Å². The molecule has 172 valence electrons. The molecule has 1 aromatic heterocycles. The molecule has 0 aliphatic carbocycles. The van der Waals surface area contributed by atoms with Crippen molar-refractivity contribution in [3.8, 4) is 5.75 Å². The van der Waals surface area contributed by atoms with E-state index in [0.29, 0.717) is 35.2 Å². The van der Waals surface area contributed by atoms with Crippen LogP contribution in [0.3, 0.4) is 0 Å². The van der Waals surface area contributed by atoms with Gasteiger partial charge in [0.15, 0.2) is 5.16 Å². The lowest BCUT2D eigenvalue weighted by atomic mass is 10.0. The smallest absolute Gasteiger partial charge is 0.251 e. The van der Waals surface area contributed by atoms with Gasteiger partial charge >= 0.3 is 0 Å². The van der Waals surface area contributed by atoms with Gasteiger partial charge in [0.05, 0.1) is 12.9 Å². The molecule has 2 aromatic carbocycles. The number of benzene rings is 2. The average molecular weight is 466 g/mol. The van der Waals surface area contributed by atoms with Crippen LogP contribution in [0.1, 0.15) is 28.2 Å². The molecule has 33 heavy (non-hydrogen) atoms. The average Bonchev–Trinajstić information content (AvgIpc) is 3.21. The maximum absolute atomic E-state index is 12.9. The van der Waals surface area contributed by atoms with Crippen molar-refractivity contribution in [3.63, 3.8) is 0 Å². The number of hydrogen-bond donors (Lipinski definition) is 1. The number of para-hydroxylation sites is 1. The Morgan fingerprint density at radius 1 is 1.12 bits per heavy atom. The first-order chi connectivity index (χ1) is 16.1. The molecular weight excluding hydrogens is 438 g/mol. The molecule has 1 aliphatic heterocycles. The van der Waals surface area contributed by atoms with Gasteiger partial charge in [0.25, 0.3) is 5.91 Å². The lowest BCUT2D eigenvalue weighted by Crippen LogP contribution is -2.36. The van der Waals surface area contributed by atoms with Gasteiger partial charge in [-0.3, -0.25) is 9.59 Å². The zero-order valence-corrected chi connectivity index (χ0v) is 19.6. The first-order valence-corrected chi connectivity index (χ1v) is 11.9. The molecule has 0 saturated heterocycles. The fourth-order valence-electron chi connectivity index (χ4n) is 3.82. The molecule has 8 nitrogen and oxygen atoms in total. The Kier molecular flexibility index (Phi) is 7.29. The van der Waals surface area contributed by atoms with Gasteiger partial charge in [-0.1, -0.05) is 30.0 Å². The summed E-state index contributed by atoms with van der Waals surface area (Å²) in [5, 5.41) is 12.0. The van der Waals surface area contributed by atoms with Crippen molar-refractivity contribution in [2.45, 2.75) is 24.4 Å². The molecule has 2 heterocycles. The molecule has 2 amide bonds. The zero-order valence-electron chi connectivity index (χ0n) is 18.8. The summed E-state index contributed by atoms with van der Waals surface area (Å²) in [6.45, 7) is 1.18.